The van der Waals surface area contributed by atoms with Crippen molar-refractivity contribution in [1.82, 2.24) is 48.9 Å². The molecule has 43 heteroatoms. The highest BCUT2D eigenvalue weighted by molar-refractivity contribution is 7.66. The molecule has 39 nitrogen and oxygen atoms in total. The number of nitrogens with one attached hydrogen (secondary N) is 3. The first-order valence-corrected chi connectivity index (χ1v) is 27.8. The summed E-state index contributed by atoms with van der Waals surface area (Å²) in [5.74, 6) is -1.74. The first kappa shape index (κ1) is 57.9. The van der Waals surface area contributed by atoms with E-state index < -0.39 is 154 Å². The minimum atomic E-state index is -6.26. The Hall–Kier alpha value is -5.31. The number of anilines is 2. The molecule has 5 aromatic rings. The first-order valence-electron chi connectivity index (χ1n) is 21.8. The maximum atomic E-state index is 13.5. The predicted molar refractivity (Wildman–Crippen MR) is 243 cm³/mol. The lowest BCUT2D eigenvalue weighted by Gasteiger charge is -2.31. The van der Waals surface area contributed by atoms with Crippen molar-refractivity contribution in [2.45, 2.75) is 67.5 Å². The highest BCUT2D eigenvalue weighted by Crippen LogP contribution is 2.68. The number of H-pyrrole nitrogens is 2. The third-order valence-corrected chi connectivity index (χ3v) is 17.0. The fourth-order valence-electron chi connectivity index (χ4n) is 8.32. The van der Waals surface area contributed by atoms with Crippen LogP contribution in [0.1, 0.15) is 18.7 Å². The van der Waals surface area contributed by atoms with E-state index in [0.29, 0.717) is 4.57 Å². The van der Waals surface area contributed by atoms with Gasteiger partial charge < -0.3 is 84.4 Å². The lowest BCUT2D eigenvalue weighted by atomic mass is 9.99. The average Bonchev–Trinajstić information content (AvgIpc) is 4.19. The van der Waals surface area contributed by atoms with Gasteiger partial charge in [-0.05, 0) is 0 Å². The second kappa shape index (κ2) is 22.4. The topological polar surface area (TPSA) is 548 Å². The van der Waals surface area contributed by atoms with E-state index in [4.69, 9.17) is 53.2 Å². The van der Waals surface area contributed by atoms with Crippen LogP contribution < -0.4 is 43.1 Å². The number of phosphoric ester groups is 3. The number of imidazole rings is 2. The van der Waals surface area contributed by atoms with Crippen LogP contribution in [0.5, 0.6) is 0 Å². The van der Waals surface area contributed by atoms with E-state index >= 15 is 0 Å². The summed E-state index contributed by atoms with van der Waals surface area (Å²) in [6.45, 7) is -4.15. The van der Waals surface area contributed by atoms with E-state index in [1.165, 1.54) is 29.6 Å². The molecule has 16 atom stereocenters. The molecule has 8 rings (SSSR count). The number of nitrogens with zero attached hydrogens (tertiary/aromatic N) is 8. The normalized spacial score (nSPS) is 29.7. The smallest absolute Gasteiger partial charge is 0.490 e. The zero-order valence-electron chi connectivity index (χ0n) is 39.5. The van der Waals surface area contributed by atoms with Gasteiger partial charge in [-0.25, -0.2) is 42.8 Å². The zero-order valence-corrected chi connectivity index (χ0v) is 43.1. The number of aliphatic hydroxyl groups is 3. The third kappa shape index (κ3) is 12.6. The van der Waals surface area contributed by atoms with E-state index in [-0.39, 0.29) is 34.1 Å². The molecular formula is C34H47N13O26P4. The molecule has 3 aliphatic heterocycles. The molecule has 3 saturated heterocycles. The molecule has 0 radical (unpaired) electrons. The molecule has 77 heavy (non-hydrogen) atoms. The highest BCUT2D eigenvalue weighted by Gasteiger charge is 2.53. The number of carbonyl (C=O) groups is 1. The third-order valence-electron chi connectivity index (χ3n) is 11.7. The summed E-state index contributed by atoms with van der Waals surface area (Å²) in [5.41, 5.74) is 8.99. The van der Waals surface area contributed by atoms with Crippen molar-refractivity contribution in [2.24, 2.45) is 13.0 Å². The molecule has 3 aliphatic rings. The predicted octanol–water partition coefficient (Wildman–Crippen LogP) is -4.90. The quantitative estimate of drug-likeness (QED) is 0.0242. The van der Waals surface area contributed by atoms with Gasteiger partial charge in [-0.3, -0.25) is 46.9 Å². The van der Waals surface area contributed by atoms with Gasteiger partial charge in [-0.1, -0.05) is 4.98 Å². The van der Waals surface area contributed by atoms with E-state index in [1.807, 2.05) is 4.98 Å². The SMILES string of the molecule is CNC(=O)OC[C@H]1[C@@H](O)[C@H]([n+]2cn(C)c3c(=O)[nH]c(N)nc32)O[C@@H]1COP(=O)(O)OP(=O)(O)OP(=O)(O)OC[C@H]1O[C@@H](n2cnc3c(N)ncnc32)[C@H](OC)[C@@H]1OP(=O)([O-])OC[C@H]1O[C@@H](n2ccc(=O)[nH]c2=O)[C@H](O)[C@@H]1O. The second-order valence-electron chi connectivity index (χ2n) is 16.7. The Morgan fingerprint density at radius 2 is 1.51 bits per heavy atom. The summed E-state index contributed by atoms with van der Waals surface area (Å²) in [6.07, 6.45) is -15.4. The Balaban J connectivity index is 0.948. The summed E-state index contributed by atoms with van der Waals surface area (Å²) in [4.78, 5) is 114. The number of carbonyl (C=O) groups excluding carboxylic acids is 1. The monoisotopic (exact) mass is 1180 g/mol. The van der Waals surface area contributed by atoms with Gasteiger partial charge in [0.05, 0.1) is 45.2 Å². The number of alkyl carbamates (subject to hydrolysis) is 1. The van der Waals surface area contributed by atoms with Crippen LogP contribution in [0, 0.1) is 5.92 Å². The van der Waals surface area contributed by atoms with E-state index in [2.05, 4.69) is 38.9 Å². The van der Waals surface area contributed by atoms with Gasteiger partial charge in [0.2, 0.25) is 11.7 Å². The summed E-state index contributed by atoms with van der Waals surface area (Å²) in [7, 11) is -20.2. The minimum absolute atomic E-state index is 0.0208. The Bertz CT molecular complexity index is 3390. The lowest BCUT2D eigenvalue weighted by molar-refractivity contribution is -0.745. The summed E-state index contributed by atoms with van der Waals surface area (Å²) in [6, 6.07) is 0.908. The van der Waals surface area contributed by atoms with Gasteiger partial charge in [-0.2, -0.15) is 8.62 Å². The van der Waals surface area contributed by atoms with Crippen LogP contribution in [-0.4, -0.2) is 169 Å². The van der Waals surface area contributed by atoms with Gasteiger partial charge in [0.15, 0.2) is 30.2 Å². The number of aryl methyl sites for hydroxylation is 1. The van der Waals surface area contributed by atoms with E-state index in [1.54, 1.807) is 0 Å². The first-order chi connectivity index (χ1) is 36.1. The van der Waals surface area contributed by atoms with Gasteiger partial charge >= 0.3 is 40.9 Å². The molecule has 424 valence electrons. The van der Waals surface area contributed by atoms with Crippen molar-refractivity contribution >= 4 is 71.5 Å². The lowest BCUT2D eigenvalue weighted by Crippen LogP contribution is -2.45. The molecule has 0 bridgehead atoms. The maximum absolute atomic E-state index is 13.5. The van der Waals surface area contributed by atoms with Crippen molar-refractivity contribution in [3.05, 3.63) is 62.4 Å². The van der Waals surface area contributed by atoms with Crippen molar-refractivity contribution in [2.75, 3.05) is 52.1 Å². The zero-order chi connectivity index (χ0) is 56.1. The maximum Gasteiger partial charge on any atom is 0.490 e. The highest BCUT2D eigenvalue weighted by atomic mass is 31.3. The number of amides is 1. The van der Waals surface area contributed by atoms with Crippen LogP contribution >= 0.6 is 31.3 Å². The Kier molecular flexibility index (Phi) is 16.9. The van der Waals surface area contributed by atoms with Crippen LogP contribution in [0.25, 0.3) is 22.3 Å². The number of aliphatic hydroxyl groups excluding tert-OH is 3. The molecule has 0 aromatic carbocycles. The molecule has 3 fully saturated rings. The summed E-state index contributed by atoms with van der Waals surface area (Å²) < 4.78 is 114. The Labute approximate surface area is 427 Å². The van der Waals surface area contributed by atoms with Crippen molar-refractivity contribution in [1.29, 1.82) is 0 Å². The van der Waals surface area contributed by atoms with Crippen molar-refractivity contribution in [3.8, 4) is 0 Å². The number of phosphoric acid groups is 4. The van der Waals surface area contributed by atoms with Crippen LogP contribution in [0.15, 0.2) is 45.6 Å². The fraction of sp³-hybridized carbons (Fsp3) is 0.559. The number of rotatable bonds is 21. The molecule has 0 aliphatic carbocycles. The molecule has 0 saturated carbocycles. The number of nitrogens with two attached hydrogens (primary N) is 2. The van der Waals surface area contributed by atoms with Crippen molar-refractivity contribution < 1.29 is 113 Å². The van der Waals surface area contributed by atoms with E-state index in [9.17, 15) is 72.3 Å². The van der Waals surface area contributed by atoms with Gasteiger partial charge in [-0.15, -0.1) is 0 Å². The molecule has 4 unspecified atom stereocenters. The molecule has 5 aromatic heterocycles. The molecule has 13 N–H and O–H groups in total. The number of fused-ring (bicyclic) bond motifs is 2. The van der Waals surface area contributed by atoms with Gasteiger partial charge in [0.25, 0.3) is 24.9 Å². The average molecular weight is 1180 g/mol. The van der Waals surface area contributed by atoms with Crippen LogP contribution in [0.2, 0.25) is 0 Å². The Morgan fingerprint density at radius 3 is 2.17 bits per heavy atom. The summed E-state index contributed by atoms with van der Waals surface area (Å²) >= 11 is 0. The summed E-state index contributed by atoms with van der Waals surface area (Å²) in [5, 5.41) is 34.8. The number of ether oxygens (including phenoxy) is 5. The number of hydrogen-bond donors (Lipinski definition) is 11. The molecule has 1 amide bonds. The minimum Gasteiger partial charge on any atom is -0.756 e. The van der Waals surface area contributed by atoms with Gasteiger partial charge in [0.1, 0.15) is 61.2 Å². The second-order valence-corrected chi connectivity index (χ2v) is 22.7. The number of nitrogen functional groups attached to an aromatic ring is 2. The van der Waals surface area contributed by atoms with Crippen LogP contribution in [0.4, 0.5) is 16.6 Å². The number of methoxy groups -OCH3 is 1. The number of aromatic nitrogens is 10. The van der Waals surface area contributed by atoms with Crippen LogP contribution in [-0.2, 0) is 75.7 Å². The van der Waals surface area contributed by atoms with Crippen LogP contribution in [0.3, 0.4) is 0 Å². The van der Waals surface area contributed by atoms with Gasteiger partial charge in [0, 0.05) is 26.4 Å². The largest absolute Gasteiger partial charge is 0.756 e. The van der Waals surface area contributed by atoms with Crippen molar-refractivity contribution in [3.63, 3.8) is 0 Å². The number of aromatic amines is 2. The fourth-order valence-corrected chi connectivity index (χ4v) is 12.8. The number of hydrogen-bond acceptors (Lipinski definition) is 29. The Morgan fingerprint density at radius 1 is 0.844 bits per heavy atom. The van der Waals surface area contributed by atoms with E-state index in [0.717, 1.165) is 36.6 Å². The molecule has 8 heterocycles. The molecule has 0 spiro atoms. The standard InChI is InChI=1S/C34H47N13O26P4/c1-37-34(54)64-6-13-14(68-29(20(13)49)47-12-44(2)19-27(47)42-32(36)43-28(19)52)7-66-75(57,58)72-77(61,62)73-76(59,60)67-9-16-23(24(63-3)31(70-16)46-11-40-18-25(35)38-10-39-26(18)46)71-74(55,56)65-8-15-21(50)22(51)30(69-15)45-5-4-17(48)41-33(45)53/h4-5,10-16,20-24,29-31,49-51H,6-9H2,1-3H3,(H10-,35,36,37,38,39,41,42,43,48,52,53,54,55,56,57,58,59,60,61,62)/t13-,14-,15-,16-,20-,21-,22-,23-,24-,29-,30-,31-/m1/s1. The molecular weight excluding hydrogens is 1130 g/mol.